The molecule has 0 fully saturated rings. The van der Waals surface area contributed by atoms with Gasteiger partial charge < -0.3 is 24.3 Å². The molecule has 0 radical (unpaired) electrons. The van der Waals surface area contributed by atoms with E-state index in [0.717, 1.165) is 57.8 Å². The normalized spacial score (nSPS) is 14.6. The molecule has 1 aromatic heterocycles. The molecular weight excluding hydrogens is 368 g/mol. The number of fused-ring (bicyclic) bond motifs is 2. The van der Waals surface area contributed by atoms with E-state index in [4.69, 9.17) is 23.9 Å². The lowest BCUT2D eigenvalue weighted by Gasteiger charge is -2.15. The molecule has 0 spiro atoms. The third-order valence-corrected chi connectivity index (χ3v) is 5.38. The minimum atomic E-state index is 0.272. The van der Waals surface area contributed by atoms with E-state index in [-0.39, 0.29) is 6.79 Å². The van der Waals surface area contributed by atoms with Crippen molar-refractivity contribution in [2.75, 3.05) is 27.6 Å². The maximum Gasteiger partial charge on any atom is 0.231 e. The summed E-state index contributed by atoms with van der Waals surface area (Å²) in [6.45, 7) is 1.22. The second-order valence-electron chi connectivity index (χ2n) is 7.07. The minimum Gasteiger partial charge on any atom is -0.493 e. The van der Waals surface area contributed by atoms with Gasteiger partial charge in [0.15, 0.2) is 23.0 Å². The molecule has 3 aromatic rings. The van der Waals surface area contributed by atoms with Crippen LogP contribution in [0.4, 0.5) is 0 Å². The van der Waals surface area contributed by atoms with Gasteiger partial charge in [0.25, 0.3) is 0 Å². The lowest BCUT2D eigenvalue weighted by Crippen LogP contribution is -2.08. The van der Waals surface area contributed by atoms with Crippen LogP contribution in [-0.2, 0) is 6.42 Å². The fourth-order valence-electron chi connectivity index (χ4n) is 3.92. The summed E-state index contributed by atoms with van der Waals surface area (Å²) < 4.78 is 22.1. The number of hydrogen-bond acceptors (Lipinski definition) is 6. The number of hydrogen-bond donors (Lipinski definition) is 1. The molecule has 3 heterocycles. The van der Waals surface area contributed by atoms with Crippen molar-refractivity contribution in [2.45, 2.75) is 12.8 Å². The van der Waals surface area contributed by atoms with E-state index < -0.39 is 0 Å². The van der Waals surface area contributed by atoms with E-state index in [0.29, 0.717) is 17.9 Å². The molecule has 1 N–H and O–H groups in total. The minimum absolute atomic E-state index is 0.272. The molecule has 0 saturated carbocycles. The monoisotopic (exact) mass is 390 g/mol. The van der Waals surface area contributed by atoms with Gasteiger partial charge in [-0.3, -0.25) is 4.98 Å². The van der Waals surface area contributed by atoms with Crippen LogP contribution in [0, 0.1) is 0 Å². The van der Waals surface area contributed by atoms with Crippen molar-refractivity contribution in [1.29, 1.82) is 0 Å². The maximum absolute atomic E-state index is 5.56. The molecule has 0 bridgehead atoms. The van der Waals surface area contributed by atoms with Crippen molar-refractivity contribution >= 4 is 16.5 Å². The third kappa shape index (κ3) is 3.10. The fourth-order valence-corrected chi connectivity index (χ4v) is 3.92. The Morgan fingerprint density at radius 3 is 2.55 bits per heavy atom. The van der Waals surface area contributed by atoms with E-state index in [1.165, 1.54) is 0 Å². The Bertz CT molecular complexity index is 1120. The van der Waals surface area contributed by atoms with Crippen LogP contribution in [0.1, 0.15) is 23.2 Å². The van der Waals surface area contributed by atoms with Crippen molar-refractivity contribution in [1.82, 2.24) is 10.3 Å². The van der Waals surface area contributed by atoms with Crippen LogP contribution in [-0.4, -0.2) is 32.5 Å². The van der Waals surface area contributed by atoms with Gasteiger partial charge in [-0.05, 0) is 41.6 Å². The highest BCUT2D eigenvalue weighted by atomic mass is 16.7. The average Bonchev–Trinajstić information content (AvgIpc) is 3.44. The number of methoxy groups -OCH3 is 2. The molecule has 0 atom stereocenters. The van der Waals surface area contributed by atoms with Gasteiger partial charge in [-0.15, -0.1) is 0 Å². The number of pyridine rings is 1. The van der Waals surface area contributed by atoms with E-state index >= 15 is 0 Å². The standard InChI is InChI=1S/C23H22N2O4/c1-26-21-10-15-16(11-22(21)27-2)19(25-12-17(15)18-4-3-7-24-18)8-14-5-6-20-23(9-14)29-13-28-20/h4-6,9-12,24H,3,7-8,13H2,1-2H3. The van der Waals surface area contributed by atoms with Gasteiger partial charge in [0, 0.05) is 35.8 Å². The van der Waals surface area contributed by atoms with Crippen molar-refractivity contribution < 1.29 is 18.9 Å². The second-order valence-corrected chi connectivity index (χ2v) is 7.07. The quantitative estimate of drug-likeness (QED) is 0.713. The zero-order valence-electron chi connectivity index (χ0n) is 16.5. The largest absolute Gasteiger partial charge is 0.493 e. The predicted molar refractivity (Wildman–Crippen MR) is 111 cm³/mol. The highest BCUT2D eigenvalue weighted by molar-refractivity contribution is 5.97. The summed E-state index contributed by atoms with van der Waals surface area (Å²) in [4.78, 5) is 4.82. The Balaban J connectivity index is 1.64. The zero-order valence-corrected chi connectivity index (χ0v) is 16.5. The molecule has 2 aliphatic rings. The Labute approximate surface area is 169 Å². The summed E-state index contributed by atoms with van der Waals surface area (Å²) in [6.07, 6.45) is 5.85. The van der Waals surface area contributed by atoms with Crippen molar-refractivity contribution in [2.24, 2.45) is 0 Å². The van der Waals surface area contributed by atoms with Crippen LogP contribution < -0.4 is 24.3 Å². The summed E-state index contributed by atoms with van der Waals surface area (Å²) in [5.74, 6) is 2.97. The molecule has 0 amide bonds. The van der Waals surface area contributed by atoms with E-state index in [2.05, 4.69) is 17.5 Å². The molecule has 148 valence electrons. The molecule has 5 rings (SSSR count). The first kappa shape index (κ1) is 17.7. The summed E-state index contributed by atoms with van der Waals surface area (Å²) in [5, 5.41) is 5.59. The van der Waals surface area contributed by atoms with Gasteiger partial charge in [0.2, 0.25) is 6.79 Å². The molecule has 29 heavy (non-hydrogen) atoms. The fraction of sp³-hybridized carbons (Fsp3) is 0.261. The van der Waals surface area contributed by atoms with Gasteiger partial charge in [-0.25, -0.2) is 0 Å². The average molecular weight is 390 g/mol. The van der Waals surface area contributed by atoms with Gasteiger partial charge in [-0.1, -0.05) is 12.1 Å². The first-order valence-electron chi connectivity index (χ1n) is 9.63. The lowest BCUT2D eigenvalue weighted by molar-refractivity contribution is 0.174. The van der Waals surface area contributed by atoms with Crippen LogP contribution in [0.2, 0.25) is 0 Å². The van der Waals surface area contributed by atoms with Crippen molar-refractivity contribution in [3.05, 3.63) is 59.4 Å². The highest BCUT2D eigenvalue weighted by Crippen LogP contribution is 2.38. The number of nitrogens with zero attached hydrogens (tertiary/aromatic N) is 1. The smallest absolute Gasteiger partial charge is 0.231 e. The zero-order chi connectivity index (χ0) is 19.8. The van der Waals surface area contributed by atoms with E-state index in [1.807, 2.05) is 30.5 Å². The molecule has 6 nitrogen and oxygen atoms in total. The van der Waals surface area contributed by atoms with Crippen LogP contribution in [0.25, 0.3) is 16.5 Å². The molecule has 0 aliphatic carbocycles. The van der Waals surface area contributed by atoms with Crippen LogP contribution in [0.5, 0.6) is 23.0 Å². The van der Waals surface area contributed by atoms with Gasteiger partial charge >= 0.3 is 0 Å². The van der Waals surface area contributed by atoms with E-state index in [1.54, 1.807) is 14.2 Å². The van der Waals surface area contributed by atoms with E-state index in [9.17, 15) is 0 Å². The lowest BCUT2D eigenvalue weighted by atomic mass is 9.98. The Hall–Kier alpha value is -3.41. The summed E-state index contributed by atoms with van der Waals surface area (Å²) in [7, 11) is 3.31. The Morgan fingerprint density at radius 2 is 1.79 bits per heavy atom. The number of aromatic nitrogens is 1. The number of benzene rings is 2. The second kappa shape index (κ2) is 7.20. The van der Waals surface area contributed by atoms with Crippen molar-refractivity contribution in [3.8, 4) is 23.0 Å². The van der Waals surface area contributed by atoms with Crippen LogP contribution in [0.3, 0.4) is 0 Å². The topological polar surface area (TPSA) is 61.8 Å². The summed E-state index contributed by atoms with van der Waals surface area (Å²) in [5.41, 5.74) is 4.28. The Kier molecular flexibility index (Phi) is 4.39. The number of rotatable bonds is 5. The summed E-state index contributed by atoms with van der Waals surface area (Å²) >= 11 is 0. The number of ether oxygens (including phenoxy) is 4. The maximum atomic E-state index is 5.56. The number of nitrogens with one attached hydrogen (secondary N) is 1. The molecule has 2 aromatic carbocycles. The predicted octanol–water partition coefficient (Wildman–Crippen LogP) is 3.91. The SMILES string of the molecule is COc1cc2c(C3=CCCN3)cnc(Cc3ccc4c(c3)OCO4)c2cc1OC. The van der Waals surface area contributed by atoms with Crippen molar-refractivity contribution in [3.63, 3.8) is 0 Å². The van der Waals surface area contributed by atoms with Crippen LogP contribution in [0.15, 0.2) is 42.6 Å². The van der Waals surface area contributed by atoms with Gasteiger partial charge in [-0.2, -0.15) is 0 Å². The molecule has 6 heteroatoms. The first-order chi connectivity index (χ1) is 14.3. The van der Waals surface area contributed by atoms with Gasteiger partial charge in [0.1, 0.15) is 0 Å². The first-order valence-corrected chi connectivity index (χ1v) is 9.63. The molecule has 0 unspecified atom stereocenters. The Morgan fingerprint density at radius 1 is 1.00 bits per heavy atom. The molecular formula is C23H22N2O4. The van der Waals surface area contributed by atoms with Gasteiger partial charge in [0.05, 0.1) is 19.9 Å². The molecule has 0 saturated heterocycles. The van der Waals surface area contributed by atoms with Crippen LogP contribution >= 0.6 is 0 Å². The third-order valence-electron chi connectivity index (χ3n) is 5.38. The summed E-state index contributed by atoms with van der Waals surface area (Å²) in [6, 6.07) is 10.1. The highest BCUT2D eigenvalue weighted by Gasteiger charge is 2.18. The molecule has 2 aliphatic heterocycles.